The van der Waals surface area contributed by atoms with Crippen molar-refractivity contribution in [2.75, 3.05) is 24.5 Å². The maximum Gasteiger partial charge on any atom is 0.0398 e. The van der Waals surface area contributed by atoms with E-state index in [0.29, 0.717) is 5.54 Å². The molecule has 0 atom stereocenters. The minimum Gasteiger partial charge on any atom is -0.368 e. The Morgan fingerprint density at radius 1 is 1.29 bits per heavy atom. The number of hydrogen-bond donors (Lipinski definition) is 1. The zero-order chi connectivity index (χ0) is 9.43. The van der Waals surface area contributed by atoms with Crippen LogP contribution in [0.4, 0.5) is 5.69 Å². The van der Waals surface area contributed by atoms with E-state index in [1.807, 2.05) is 12.4 Å². The van der Waals surface area contributed by atoms with Gasteiger partial charge in [0.2, 0.25) is 0 Å². The van der Waals surface area contributed by atoms with Crippen molar-refractivity contribution < 1.29 is 0 Å². The number of aromatic nitrogens is 1. The van der Waals surface area contributed by atoms with E-state index in [4.69, 9.17) is 0 Å². The fraction of sp³-hybridized carbons (Fsp3) is 0.545. The van der Waals surface area contributed by atoms with Gasteiger partial charge in [-0.2, -0.15) is 0 Å². The van der Waals surface area contributed by atoms with Gasteiger partial charge in [-0.25, -0.2) is 0 Å². The summed E-state index contributed by atoms with van der Waals surface area (Å²) in [5.41, 5.74) is 1.77. The van der Waals surface area contributed by atoms with E-state index in [1.54, 1.807) is 0 Å². The lowest BCUT2D eigenvalue weighted by molar-refractivity contribution is 0.442. The van der Waals surface area contributed by atoms with E-state index in [9.17, 15) is 0 Å². The van der Waals surface area contributed by atoms with Crippen LogP contribution in [0.1, 0.15) is 12.8 Å². The van der Waals surface area contributed by atoms with Crippen LogP contribution >= 0.6 is 0 Å². The molecule has 1 spiro atoms. The topological polar surface area (TPSA) is 28.2 Å². The Kier molecular flexibility index (Phi) is 1.74. The molecule has 2 aliphatic rings. The Labute approximate surface area is 84.1 Å². The maximum atomic E-state index is 4.05. The Hall–Kier alpha value is -1.09. The molecule has 0 amide bonds. The highest BCUT2D eigenvalue weighted by Gasteiger charge is 2.45. The molecule has 0 unspecified atom stereocenters. The first-order valence-electron chi connectivity index (χ1n) is 5.28. The highest BCUT2D eigenvalue weighted by atomic mass is 15.2. The molecule has 1 saturated carbocycles. The summed E-state index contributed by atoms with van der Waals surface area (Å²) in [6, 6.07) is 4.20. The zero-order valence-corrected chi connectivity index (χ0v) is 8.24. The summed E-state index contributed by atoms with van der Waals surface area (Å²) in [6.07, 6.45) is 6.43. The van der Waals surface area contributed by atoms with Gasteiger partial charge in [-0.3, -0.25) is 4.98 Å². The van der Waals surface area contributed by atoms with E-state index in [1.165, 1.54) is 18.5 Å². The standard InChI is InChI=1S/C11H15N3/c1-5-12-6-2-10(1)14-8-7-13-11(9-14)3-4-11/h1-2,5-6,13H,3-4,7-9H2. The van der Waals surface area contributed by atoms with Gasteiger partial charge in [0.25, 0.3) is 0 Å². The van der Waals surface area contributed by atoms with Gasteiger partial charge in [0.1, 0.15) is 0 Å². The number of anilines is 1. The monoisotopic (exact) mass is 189 g/mol. The number of piperazine rings is 1. The number of pyridine rings is 1. The Morgan fingerprint density at radius 3 is 2.79 bits per heavy atom. The molecule has 3 nitrogen and oxygen atoms in total. The van der Waals surface area contributed by atoms with Crippen LogP contribution < -0.4 is 10.2 Å². The Bertz CT molecular complexity index is 319. The molecule has 0 bridgehead atoms. The van der Waals surface area contributed by atoms with E-state index in [2.05, 4.69) is 27.3 Å². The van der Waals surface area contributed by atoms with E-state index in [0.717, 1.165) is 19.6 Å². The van der Waals surface area contributed by atoms with Crippen LogP contribution in [-0.4, -0.2) is 30.2 Å². The van der Waals surface area contributed by atoms with Gasteiger partial charge < -0.3 is 10.2 Å². The number of nitrogens with zero attached hydrogens (tertiary/aromatic N) is 2. The number of hydrogen-bond acceptors (Lipinski definition) is 3. The van der Waals surface area contributed by atoms with Gasteiger partial charge in [-0.15, -0.1) is 0 Å². The molecule has 1 N–H and O–H groups in total. The van der Waals surface area contributed by atoms with Crippen LogP contribution in [0.5, 0.6) is 0 Å². The quantitative estimate of drug-likeness (QED) is 0.715. The van der Waals surface area contributed by atoms with Crippen molar-refractivity contribution in [1.82, 2.24) is 10.3 Å². The van der Waals surface area contributed by atoms with Crippen LogP contribution in [0, 0.1) is 0 Å². The second kappa shape index (κ2) is 2.95. The lowest BCUT2D eigenvalue weighted by atomic mass is 10.1. The highest BCUT2D eigenvalue weighted by molar-refractivity contribution is 5.46. The fourth-order valence-corrected chi connectivity index (χ4v) is 2.22. The minimum atomic E-state index is 0.460. The lowest BCUT2D eigenvalue weighted by Gasteiger charge is -2.35. The van der Waals surface area contributed by atoms with Crippen molar-refractivity contribution in [3.63, 3.8) is 0 Å². The van der Waals surface area contributed by atoms with E-state index >= 15 is 0 Å². The van der Waals surface area contributed by atoms with Crippen LogP contribution in [-0.2, 0) is 0 Å². The predicted octanol–water partition coefficient (Wildman–Crippen LogP) is 1.02. The first kappa shape index (κ1) is 8.24. The van der Waals surface area contributed by atoms with Crippen LogP contribution in [0.15, 0.2) is 24.5 Å². The molecule has 1 saturated heterocycles. The predicted molar refractivity (Wildman–Crippen MR) is 56.4 cm³/mol. The van der Waals surface area contributed by atoms with Crippen molar-refractivity contribution in [3.05, 3.63) is 24.5 Å². The van der Waals surface area contributed by atoms with Crippen molar-refractivity contribution >= 4 is 5.69 Å². The fourth-order valence-electron chi connectivity index (χ4n) is 2.22. The summed E-state index contributed by atoms with van der Waals surface area (Å²) < 4.78 is 0. The van der Waals surface area contributed by atoms with Gasteiger partial charge >= 0.3 is 0 Å². The van der Waals surface area contributed by atoms with E-state index < -0.39 is 0 Å². The van der Waals surface area contributed by atoms with Crippen LogP contribution in [0.3, 0.4) is 0 Å². The summed E-state index contributed by atoms with van der Waals surface area (Å²) in [5.74, 6) is 0. The van der Waals surface area contributed by atoms with Crippen molar-refractivity contribution in [2.24, 2.45) is 0 Å². The lowest BCUT2D eigenvalue weighted by Crippen LogP contribution is -2.52. The Balaban J connectivity index is 1.79. The molecule has 1 aliphatic heterocycles. The molecule has 3 rings (SSSR count). The van der Waals surface area contributed by atoms with Crippen molar-refractivity contribution in [3.8, 4) is 0 Å². The first-order chi connectivity index (χ1) is 6.88. The molecule has 14 heavy (non-hydrogen) atoms. The molecule has 1 aromatic rings. The molecular formula is C11H15N3. The first-order valence-corrected chi connectivity index (χ1v) is 5.28. The number of nitrogens with one attached hydrogen (secondary N) is 1. The van der Waals surface area contributed by atoms with Gasteiger partial charge in [0.15, 0.2) is 0 Å². The molecule has 1 aliphatic carbocycles. The van der Waals surface area contributed by atoms with Crippen LogP contribution in [0.2, 0.25) is 0 Å². The van der Waals surface area contributed by atoms with Gasteiger partial charge in [0.05, 0.1) is 0 Å². The molecule has 0 radical (unpaired) electrons. The Morgan fingerprint density at radius 2 is 2.07 bits per heavy atom. The third-order valence-corrected chi connectivity index (χ3v) is 3.26. The van der Waals surface area contributed by atoms with Crippen LogP contribution in [0.25, 0.3) is 0 Å². The highest BCUT2D eigenvalue weighted by Crippen LogP contribution is 2.38. The summed E-state index contributed by atoms with van der Waals surface area (Å²) >= 11 is 0. The second-order valence-electron chi connectivity index (χ2n) is 4.33. The summed E-state index contributed by atoms with van der Waals surface area (Å²) in [4.78, 5) is 6.51. The molecule has 2 fully saturated rings. The molecule has 1 aromatic heterocycles. The SMILES string of the molecule is c1cc(N2CCNC3(CC3)C2)ccn1. The zero-order valence-electron chi connectivity index (χ0n) is 8.24. The molecular weight excluding hydrogens is 174 g/mol. The smallest absolute Gasteiger partial charge is 0.0398 e. The third-order valence-electron chi connectivity index (χ3n) is 3.26. The van der Waals surface area contributed by atoms with E-state index in [-0.39, 0.29) is 0 Å². The molecule has 0 aromatic carbocycles. The largest absolute Gasteiger partial charge is 0.368 e. The normalized spacial score (nSPS) is 23.9. The molecule has 2 heterocycles. The molecule has 3 heteroatoms. The van der Waals surface area contributed by atoms with Crippen molar-refractivity contribution in [1.29, 1.82) is 0 Å². The summed E-state index contributed by atoms with van der Waals surface area (Å²) in [7, 11) is 0. The minimum absolute atomic E-state index is 0.460. The van der Waals surface area contributed by atoms with Crippen molar-refractivity contribution in [2.45, 2.75) is 18.4 Å². The summed E-state index contributed by atoms with van der Waals surface area (Å²) in [6.45, 7) is 3.39. The summed E-state index contributed by atoms with van der Waals surface area (Å²) in [5, 5.41) is 3.61. The van der Waals surface area contributed by atoms with Gasteiger partial charge in [-0.05, 0) is 25.0 Å². The third kappa shape index (κ3) is 1.38. The average molecular weight is 189 g/mol. The second-order valence-corrected chi connectivity index (χ2v) is 4.33. The van der Waals surface area contributed by atoms with Gasteiger partial charge in [-0.1, -0.05) is 0 Å². The molecule has 74 valence electrons. The average Bonchev–Trinajstić information content (AvgIpc) is 2.99. The van der Waals surface area contributed by atoms with Gasteiger partial charge in [0, 0.05) is 43.3 Å². The maximum absolute atomic E-state index is 4.05. The number of rotatable bonds is 1.